The molecule has 2 heterocycles. The maximum Gasteiger partial charge on any atom is 0.319 e. The highest BCUT2D eigenvalue weighted by Gasteiger charge is 2.30. The highest BCUT2D eigenvalue weighted by Crippen LogP contribution is 2.46. The van der Waals surface area contributed by atoms with Crippen LogP contribution in [0.15, 0.2) is 55.1 Å². The molecule has 2 aliphatic carbocycles. The van der Waals surface area contributed by atoms with Crippen LogP contribution in [0.25, 0.3) is 22.2 Å². The number of hydrogen-bond acceptors (Lipinski definition) is 5. The Morgan fingerprint density at radius 2 is 1.94 bits per heavy atom. The van der Waals surface area contributed by atoms with Gasteiger partial charge in [-0.1, -0.05) is 12.1 Å². The van der Waals surface area contributed by atoms with E-state index >= 15 is 0 Å². The summed E-state index contributed by atoms with van der Waals surface area (Å²) in [6.07, 6.45) is 7.59. The molecule has 2 amide bonds. The molecular formula is C25H27N7O2. The maximum absolute atomic E-state index is 12.0. The Balaban J connectivity index is 1.26. The van der Waals surface area contributed by atoms with Crippen molar-refractivity contribution < 1.29 is 9.53 Å². The van der Waals surface area contributed by atoms with Crippen molar-refractivity contribution in [3.63, 3.8) is 0 Å². The van der Waals surface area contributed by atoms with Crippen molar-refractivity contribution in [2.24, 2.45) is 0 Å². The van der Waals surface area contributed by atoms with Crippen molar-refractivity contribution in [1.29, 1.82) is 0 Å². The van der Waals surface area contributed by atoms with Crippen molar-refractivity contribution >= 4 is 28.3 Å². The molecular weight excluding hydrogens is 430 g/mol. The molecule has 34 heavy (non-hydrogen) atoms. The van der Waals surface area contributed by atoms with E-state index < -0.39 is 0 Å². The van der Waals surface area contributed by atoms with Crippen LogP contribution in [0.5, 0.6) is 5.75 Å². The van der Waals surface area contributed by atoms with Crippen molar-refractivity contribution in [3.05, 3.63) is 55.1 Å². The number of carbonyl (C=O) groups is 1. The zero-order valence-electron chi connectivity index (χ0n) is 18.8. The number of aromatic nitrogens is 4. The summed E-state index contributed by atoms with van der Waals surface area (Å²) in [6, 6.07) is 14.6. The lowest BCUT2D eigenvalue weighted by molar-refractivity contribution is 0.251. The van der Waals surface area contributed by atoms with Crippen LogP contribution < -0.4 is 21.1 Å². The maximum atomic E-state index is 12.0. The summed E-state index contributed by atoms with van der Waals surface area (Å²) in [6.45, 7) is 1.14. The van der Waals surface area contributed by atoms with E-state index in [4.69, 9.17) is 10.5 Å². The molecule has 2 fully saturated rings. The Morgan fingerprint density at radius 3 is 2.65 bits per heavy atom. The molecule has 174 valence electrons. The molecule has 0 saturated heterocycles. The summed E-state index contributed by atoms with van der Waals surface area (Å²) in [4.78, 5) is 16.0. The molecule has 2 aromatic carbocycles. The van der Waals surface area contributed by atoms with Crippen LogP contribution >= 0.6 is 0 Å². The predicted molar refractivity (Wildman–Crippen MR) is 131 cm³/mol. The zero-order chi connectivity index (χ0) is 23.1. The Kier molecular flexibility index (Phi) is 5.09. The van der Waals surface area contributed by atoms with Crippen molar-refractivity contribution in [2.45, 2.75) is 44.3 Å². The minimum absolute atomic E-state index is 0.154. The van der Waals surface area contributed by atoms with E-state index in [1.165, 1.54) is 6.33 Å². The molecule has 9 nitrogen and oxygen atoms in total. The van der Waals surface area contributed by atoms with Gasteiger partial charge in [-0.15, -0.1) is 0 Å². The summed E-state index contributed by atoms with van der Waals surface area (Å²) in [7, 11) is 0. The second-order valence-corrected chi connectivity index (χ2v) is 9.00. The summed E-state index contributed by atoms with van der Waals surface area (Å²) >= 11 is 0. The average molecular weight is 458 g/mol. The number of hydrogen-bond donors (Lipinski definition) is 3. The lowest BCUT2D eigenvalue weighted by atomic mass is 10.1. The van der Waals surface area contributed by atoms with Gasteiger partial charge in [0.2, 0.25) is 0 Å². The highest BCUT2D eigenvalue weighted by molar-refractivity contribution is 6.02. The average Bonchev–Trinajstić information content (AvgIpc) is 3.76. The Bertz CT molecular complexity index is 1320. The summed E-state index contributed by atoms with van der Waals surface area (Å²) in [5.41, 5.74) is 11.3. The third-order valence-electron chi connectivity index (χ3n) is 6.31. The van der Waals surface area contributed by atoms with Crippen LogP contribution in [0.2, 0.25) is 0 Å². The minimum Gasteiger partial charge on any atom is -0.492 e. The van der Waals surface area contributed by atoms with Crippen molar-refractivity contribution in [2.75, 3.05) is 17.7 Å². The van der Waals surface area contributed by atoms with Gasteiger partial charge in [0.15, 0.2) is 0 Å². The fraction of sp³-hybridized carbons (Fsp3) is 0.320. The van der Waals surface area contributed by atoms with Gasteiger partial charge in [0, 0.05) is 34.8 Å². The van der Waals surface area contributed by atoms with Gasteiger partial charge in [-0.05, 0) is 49.9 Å². The molecule has 0 radical (unpaired) electrons. The third-order valence-corrected chi connectivity index (χ3v) is 6.31. The van der Waals surface area contributed by atoms with Crippen LogP contribution in [-0.2, 0) is 6.54 Å². The van der Waals surface area contributed by atoms with Gasteiger partial charge in [-0.2, -0.15) is 5.10 Å². The molecule has 2 saturated carbocycles. The molecule has 2 aliphatic rings. The number of rotatable bonds is 8. The van der Waals surface area contributed by atoms with Crippen LogP contribution in [0.4, 0.5) is 16.2 Å². The normalized spacial score (nSPS) is 15.4. The van der Waals surface area contributed by atoms with Gasteiger partial charge in [-0.25, -0.2) is 14.5 Å². The lowest BCUT2D eigenvalue weighted by Crippen LogP contribution is -2.30. The number of ether oxygens (including phenoxy) is 1. The molecule has 0 atom stereocenters. The first kappa shape index (κ1) is 20.6. The fourth-order valence-electron chi connectivity index (χ4n) is 4.31. The van der Waals surface area contributed by atoms with E-state index in [1.54, 1.807) is 11.0 Å². The Morgan fingerprint density at radius 1 is 1.12 bits per heavy atom. The molecule has 0 bridgehead atoms. The first-order chi connectivity index (χ1) is 16.7. The number of nitrogens with one attached hydrogen (secondary N) is 2. The first-order valence-corrected chi connectivity index (χ1v) is 11.7. The van der Waals surface area contributed by atoms with E-state index in [0.717, 1.165) is 65.0 Å². The lowest BCUT2D eigenvalue weighted by Gasteiger charge is -2.12. The van der Waals surface area contributed by atoms with Gasteiger partial charge in [-0.3, -0.25) is 0 Å². The molecule has 4 N–H and O–H groups in total. The predicted octanol–water partition coefficient (Wildman–Crippen LogP) is 4.18. The molecule has 4 aromatic rings. The van der Waals surface area contributed by atoms with Crippen LogP contribution in [0.1, 0.15) is 31.7 Å². The number of nitrogens with two attached hydrogens (primary N) is 1. The topological polar surface area (TPSA) is 112 Å². The summed E-state index contributed by atoms with van der Waals surface area (Å²) in [5, 5.41) is 11.0. The van der Waals surface area contributed by atoms with E-state index in [-0.39, 0.29) is 6.03 Å². The van der Waals surface area contributed by atoms with Crippen LogP contribution in [-0.4, -0.2) is 38.0 Å². The molecule has 9 heteroatoms. The molecule has 0 unspecified atom stereocenters. The number of nitrogen functional groups attached to an aromatic ring is 1. The second kappa shape index (κ2) is 8.40. The highest BCUT2D eigenvalue weighted by atomic mass is 16.5. The van der Waals surface area contributed by atoms with E-state index in [1.807, 2.05) is 36.4 Å². The number of anilines is 2. The Labute approximate surface area is 196 Å². The van der Waals surface area contributed by atoms with Gasteiger partial charge >= 0.3 is 6.03 Å². The number of urea groups is 1. The quantitative estimate of drug-likeness (QED) is 0.367. The standard InChI is InChI=1S/C25H27N7O2/c26-23-21-10-9-20(34-12-11-31-15-27-14-28-31)13-22(21)32(19-7-8-19)24(23)16-1-3-17(4-2-16)29-25(33)30-18-5-6-18/h1-4,9-10,13-15,18-19H,5-8,11-12,26H2,(H2,29,30,33). The van der Waals surface area contributed by atoms with E-state index in [0.29, 0.717) is 25.2 Å². The number of amides is 2. The van der Waals surface area contributed by atoms with Crippen LogP contribution in [0.3, 0.4) is 0 Å². The number of nitrogens with zero attached hydrogens (tertiary/aromatic N) is 4. The summed E-state index contributed by atoms with van der Waals surface area (Å²) in [5.74, 6) is 0.805. The van der Waals surface area contributed by atoms with Crippen molar-refractivity contribution in [3.8, 4) is 17.0 Å². The number of benzene rings is 2. The minimum atomic E-state index is -0.154. The van der Waals surface area contributed by atoms with E-state index in [2.05, 4.69) is 31.3 Å². The largest absolute Gasteiger partial charge is 0.492 e. The smallest absolute Gasteiger partial charge is 0.319 e. The number of carbonyl (C=O) groups excluding carboxylic acids is 1. The second-order valence-electron chi connectivity index (χ2n) is 9.00. The van der Waals surface area contributed by atoms with Crippen LogP contribution in [0, 0.1) is 0 Å². The fourth-order valence-corrected chi connectivity index (χ4v) is 4.31. The molecule has 0 spiro atoms. The van der Waals surface area contributed by atoms with E-state index in [9.17, 15) is 4.79 Å². The monoisotopic (exact) mass is 457 g/mol. The van der Waals surface area contributed by atoms with Gasteiger partial charge in [0.1, 0.15) is 25.0 Å². The van der Waals surface area contributed by atoms with Gasteiger partial charge in [0.05, 0.1) is 23.4 Å². The molecule has 6 rings (SSSR count). The van der Waals surface area contributed by atoms with Crippen molar-refractivity contribution in [1.82, 2.24) is 24.6 Å². The van der Waals surface area contributed by atoms with Gasteiger partial charge in [0.25, 0.3) is 0 Å². The summed E-state index contributed by atoms with van der Waals surface area (Å²) < 4.78 is 10.1. The Hall–Kier alpha value is -4.01. The SMILES string of the molecule is Nc1c(-c2ccc(NC(=O)NC3CC3)cc2)n(C2CC2)c2cc(OCCn3cncn3)ccc12. The number of fused-ring (bicyclic) bond motifs is 1. The first-order valence-electron chi connectivity index (χ1n) is 11.7. The molecule has 2 aromatic heterocycles. The zero-order valence-corrected chi connectivity index (χ0v) is 18.8. The molecule has 0 aliphatic heterocycles. The van der Waals surface area contributed by atoms with Gasteiger partial charge < -0.3 is 25.7 Å². The third kappa shape index (κ3) is 4.16.